The lowest BCUT2D eigenvalue weighted by Gasteiger charge is -2.38. The molecule has 0 aliphatic carbocycles. The summed E-state index contributed by atoms with van der Waals surface area (Å²) in [5.74, 6) is -2.48. The Morgan fingerprint density at radius 2 is 1.97 bits per heavy atom. The first-order valence-electron chi connectivity index (χ1n) is 9.96. The third kappa shape index (κ3) is 4.17. The van der Waals surface area contributed by atoms with Crippen LogP contribution < -0.4 is 5.32 Å². The van der Waals surface area contributed by atoms with Gasteiger partial charge in [0.2, 0.25) is 0 Å². The highest BCUT2D eigenvalue weighted by Gasteiger charge is 2.40. The SMILES string of the molecule is O=C(N[C@@H](Cc1coc2ccccc12)B(O)O)C(=O)N1CCC2(CCOC2)CC1. The van der Waals surface area contributed by atoms with Crippen LogP contribution in [0.2, 0.25) is 0 Å². The molecule has 8 nitrogen and oxygen atoms in total. The number of hydrogen-bond acceptors (Lipinski definition) is 6. The van der Waals surface area contributed by atoms with E-state index in [0.717, 1.165) is 43.4 Å². The van der Waals surface area contributed by atoms with Gasteiger partial charge in [-0.15, -0.1) is 0 Å². The van der Waals surface area contributed by atoms with E-state index >= 15 is 0 Å². The molecule has 154 valence electrons. The lowest BCUT2D eigenvalue weighted by Crippen LogP contribution is -2.54. The molecule has 1 aromatic carbocycles. The van der Waals surface area contributed by atoms with Gasteiger partial charge >= 0.3 is 18.9 Å². The molecule has 1 atom stereocenters. The molecule has 2 fully saturated rings. The molecule has 2 saturated heterocycles. The van der Waals surface area contributed by atoms with Crippen molar-refractivity contribution in [1.29, 1.82) is 0 Å². The van der Waals surface area contributed by atoms with Crippen molar-refractivity contribution in [3.05, 3.63) is 36.1 Å². The highest BCUT2D eigenvalue weighted by atomic mass is 16.5. The molecule has 2 amide bonds. The highest BCUT2D eigenvalue weighted by Crippen LogP contribution is 2.39. The van der Waals surface area contributed by atoms with Gasteiger partial charge in [-0.1, -0.05) is 18.2 Å². The van der Waals surface area contributed by atoms with Gasteiger partial charge in [-0.25, -0.2) is 0 Å². The summed E-state index contributed by atoms with van der Waals surface area (Å²) < 4.78 is 11.0. The van der Waals surface area contributed by atoms with Crippen LogP contribution in [0.3, 0.4) is 0 Å². The molecule has 2 aliphatic rings. The molecule has 2 aromatic rings. The average Bonchev–Trinajstić information content (AvgIpc) is 3.35. The number of ether oxygens (including phenoxy) is 1. The third-order valence-electron chi connectivity index (χ3n) is 6.17. The van der Waals surface area contributed by atoms with Gasteiger partial charge in [0.1, 0.15) is 5.58 Å². The van der Waals surface area contributed by atoms with E-state index in [1.165, 1.54) is 11.2 Å². The number of benzene rings is 1. The van der Waals surface area contributed by atoms with E-state index in [1.54, 1.807) is 0 Å². The van der Waals surface area contributed by atoms with Crippen molar-refractivity contribution in [2.75, 3.05) is 26.3 Å². The second kappa shape index (κ2) is 8.18. The number of piperidine rings is 1. The zero-order chi connectivity index (χ0) is 20.4. The Bertz CT molecular complexity index is 882. The number of carbonyl (C=O) groups is 2. The van der Waals surface area contributed by atoms with Crippen LogP contribution in [0.1, 0.15) is 24.8 Å². The van der Waals surface area contributed by atoms with Crippen LogP contribution in [0.5, 0.6) is 0 Å². The molecular weight excluding hydrogens is 375 g/mol. The molecule has 29 heavy (non-hydrogen) atoms. The zero-order valence-corrected chi connectivity index (χ0v) is 16.2. The normalized spacial score (nSPS) is 19.4. The van der Waals surface area contributed by atoms with E-state index in [1.807, 2.05) is 24.3 Å². The third-order valence-corrected chi connectivity index (χ3v) is 6.17. The quantitative estimate of drug-likeness (QED) is 0.509. The van der Waals surface area contributed by atoms with Crippen LogP contribution in [0.15, 0.2) is 34.9 Å². The van der Waals surface area contributed by atoms with Crippen LogP contribution in [-0.2, 0) is 20.7 Å². The number of furan rings is 1. The number of fused-ring (bicyclic) bond motifs is 1. The predicted octanol–water partition coefficient (Wildman–Crippen LogP) is 0.501. The summed E-state index contributed by atoms with van der Waals surface area (Å²) in [5, 5.41) is 22.8. The molecule has 4 rings (SSSR count). The summed E-state index contributed by atoms with van der Waals surface area (Å²) >= 11 is 0. The Morgan fingerprint density at radius 1 is 1.21 bits per heavy atom. The number of carbonyl (C=O) groups excluding carboxylic acids is 2. The molecule has 0 saturated carbocycles. The van der Waals surface area contributed by atoms with E-state index in [-0.39, 0.29) is 11.8 Å². The fourth-order valence-corrected chi connectivity index (χ4v) is 4.26. The van der Waals surface area contributed by atoms with Crippen molar-refractivity contribution >= 4 is 29.9 Å². The highest BCUT2D eigenvalue weighted by molar-refractivity contribution is 6.45. The second-order valence-electron chi connectivity index (χ2n) is 8.05. The minimum atomic E-state index is -1.80. The van der Waals surface area contributed by atoms with Crippen molar-refractivity contribution in [1.82, 2.24) is 10.2 Å². The molecule has 3 N–H and O–H groups in total. The number of hydrogen-bond donors (Lipinski definition) is 3. The van der Waals surface area contributed by atoms with Gasteiger partial charge in [-0.05, 0) is 42.7 Å². The van der Waals surface area contributed by atoms with Gasteiger partial charge < -0.3 is 29.4 Å². The Kier molecular flexibility index (Phi) is 5.62. The Balaban J connectivity index is 1.38. The van der Waals surface area contributed by atoms with E-state index < -0.39 is 24.9 Å². The molecule has 0 unspecified atom stereocenters. The minimum absolute atomic E-state index is 0.133. The van der Waals surface area contributed by atoms with Crippen LogP contribution in [0.4, 0.5) is 0 Å². The Labute approximate surface area is 169 Å². The van der Waals surface area contributed by atoms with Gasteiger partial charge in [-0.2, -0.15) is 0 Å². The number of likely N-dealkylation sites (tertiary alicyclic amines) is 1. The van der Waals surface area contributed by atoms with Crippen molar-refractivity contribution in [2.45, 2.75) is 31.6 Å². The molecule has 9 heteroatoms. The molecule has 0 bridgehead atoms. The number of rotatable bonds is 4. The summed E-state index contributed by atoms with van der Waals surface area (Å²) in [6.45, 7) is 2.49. The zero-order valence-electron chi connectivity index (χ0n) is 16.2. The second-order valence-corrected chi connectivity index (χ2v) is 8.05. The summed E-state index contributed by atoms with van der Waals surface area (Å²) in [5.41, 5.74) is 1.54. The van der Waals surface area contributed by atoms with Crippen molar-refractivity contribution in [3.63, 3.8) is 0 Å². The van der Waals surface area contributed by atoms with Crippen LogP contribution >= 0.6 is 0 Å². The maximum Gasteiger partial charge on any atom is 0.475 e. The number of nitrogens with zero attached hydrogens (tertiary/aromatic N) is 1. The topological polar surface area (TPSA) is 112 Å². The van der Waals surface area contributed by atoms with E-state index in [0.29, 0.717) is 18.7 Å². The molecule has 1 aromatic heterocycles. The molecule has 3 heterocycles. The lowest BCUT2D eigenvalue weighted by molar-refractivity contribution is -0.147. The fourth-order valence-electron chi connectivity index (χ4n) is 4.26. The van der Waals surface area contributed by atoms with Gasteiger partial charge in [0.15, 0.2) is 0 Å². The maximum absolute atomic E-state index is 12.6. The monoisotopic (exact) mass is 400 g/mol. The Morgan fingerprint density at radius 3 is 2.66 bits per heavy atom. The summed E-state index contributed by atoms with van der Waals surface area (Å²) in [6.07, 6.45) is 4.30. The minimum Gasteiger partial charge on any atom is -0.464 e. The van der Waals surface area contributed by atoms with E-state index in [2.05, 4.69) is 5.32 Å². The average molecular weight is 400 g/mol. The van der Waals surface area contributed by atoms with E-state index in [4.69, 9.17) is 9.15 Å². The van der Waals surface area contributed by atoms with Crippen LogP contribution in [0, 0.1) is 5.41 Å². The van der Waals surface area contributed by atoms with Gasteiger partial charge in [0.25, 0.3) is 0 Å². The first-order chi connectivity index (χ1) is 14.0. The van der Waals surface area contributed by atoms with Crippen molar-refractivity contribution in [3.8, 4) is 0 Å². The molecule has 2 aliphatic heterocycles. The van der Waals surface area contributed by atoms with Crippen molar-refractivity contribution < 1.29 is 28.8 Å². The smallest absolute Gasteiger partial charge is 0.464 e. The predicted molar refractivity (Wildman–Crippen MR) is 106 cm³/mol. The molecule has 0 radical (unpaired) electrons. The van der Waals surface area contributed by atoms with Gasteiger partial charge in [0.05, 0.1) is 18.8 Å². The largest absolute Gasteiger partial charge is 0.475 e. The standard InChI is InChI=1S/C20H25BN2O6/c24-18(19(25)23-8-5-20(6-9-23)7-10-28-13-20)22-17(21(26)27)11-14-12-29-16-4-2-1-3-15(14)16/h1-4,12,17,26-27H,5-11,13H2,(H,22,24)/t17-/m0/s1. The summed E-state index contributed by atoms with van der Waals surface area (Å²) in [7, 11) is -1.80. The number of amides is 2. The number of nitrogens with one attached hydrogen (secondary N) is 1. The van der Waals surface area contributed by atoms with Gasteiger partial charge in [0, 0.05) is 25.1 Å². The Hall–Kier alpha value is -2.36. The van der Waals surface area contributed by atoms with Crippen LogP contribution in [0.25, 0.3) is 11.0 Å². The number of para-hydroxylation sites is 1. The van der Waals surface area contributed by atoms with Gasteiger partial charge in [-0.3, -0.25) is 9.59 Å². The van der Waals surface area contributed by atoms with Crippen molar-refractivity contribution in [2.24, 2.45) is 5.41 Å². The lowest BCUT2D eigenvalue weighted by atomic mass is 9.75. The molecular formula is C20H25BN2O6. The maximum atomic E-state index is 12.6. The van der Waals surface area contributed by atoms with Crippen LogP contribution in [-0.4, -0.2) is 66.1 Å². The molecule has 1 spiro atoms. The first-order valence-corrected chi connectivity index (χ1v) is 9.96. The van der Waals surface area contributed by atoms with E-state index in [9.17, 15) is 19.6 Å². The fraction of sp³-hybridized carbons (Fsp3) is 0.500. The first kappa shape index (κ1) is 19.9. The summed E-state index contributed by atoms with van der Waals surface area (Å²) in [6, 6.07) is 7.36. The summed E-state index contributed by atoms with van der Waals surface area (Å²) in [4.78, 5) is 26.6.